The Morgan fingerprint density at radius 3 is 2.73 bits per heavy atom. The predicted octanol–water partition coefficient (Wildman–Crippen LogP) is 0.906. The molecule has 1 unspecified atom stereocenters. The molecule has 9 heteroatoms. The minimum absolute atomic E-state index is 0.0813. The normalized spacial score (nSPS) is 18.5. The van der Waals surface area contributed by atoms with Gasteiger partial charge in [0.05, 0.1) is 18.0 Å². The van der Waals surface area contributed by atoms with Gasteiger partial charge in [0.1, 0.15) is 5.75 Å². The highest BCUT2D eigenvalue weighted by Gasteiger charge is 2.39. The first-order valence-electron chi connectivity index (χ1n) is 6.48. The Morgan fingerprint density at radius 2 is 2.09 bits per heavy atom. The Labute approximate surface area is 127 Å². The quantitative estimate of drug-likeness (QED) is 0.835. The third kappa shape index (κ3) is 3.42. The molecule has 1 heterocycles. The van der Waals surface area contributed by atoms with E-state index in [1.54, 1.807) is 19.1 Å². The van der Waals surface area contributed by atoms with Crippen LogP contribution in [0.15, 0.2) is 29.3 Å². The van der Waals surface area contributed by atoms with E-state index in [9.17, 15) is 18.0 Å². The number of carbonyl (C=O) groups is 2. The van der Waals surface area contributed by atoms with E-state index < -0.39 is 27.2 Å². The summed E-state index contributed by atoms with van der Waals surface area (Å²) in [7, 11) is -4.09. The van der Waals surface area contributed by atoms with Gasteiger partial charge in [0.25, 0.3) is 5.91 Å². The molecule has 22 heavy (non-hydrogen) atoms. The Balaban J connectivity index is 2.28. The van der Waals surface area contributed by atoms with Crippen molar-refractivity contribution < 1.29 is 22.7 Å². The zero-order valence-corrected chi connectivity index (χ0v) is 12.8. The number of nitrogens with one attached hydrogen (secondary N) is 2. The maximum atomic E-state index is 12.3. The van der Waals surface area contributed by atoms with Crippen LogP contribution in [0, 0.1) is 0 Å². The molecule has 0 saturated heterocycles. The average Bonchev–Trinajstić information content (AvgIpc) is 2.36. The summed E-state index contributed by atoms with van der Waals surface area (Å²) in [5.41, 5.74) is 0.172. The molecule has 118 valence electrons. The van der Waals surface area contributed by atoms with Crippen molar-refractivity contribution in [3.05, 3.63) is 24.3 Å². The Morgan fingerprint density at radius 1 is 1.36 bits per heavy atom. The van der Waals surface area contributed by atoms with Gasteiger partial charge in [-0.3, -0.25) is 14.8 Å². The number of hydrogen-bond donors (Lipinski definition) is 2. The van der Waals surface area contributed by atoms with Crippen LogP contribution in [0.1, 0.15) is 13.8 Å². The van der Waals surface area contributed by atoms with Crippen LogP contribution in [0.3, 0.4) is 0 Å². The van der Waals surface area contributed by atoms with Crippen LogP contribution in [0.25, 0.3) is 0 Å². The first-order valence-corrected chi connectivity index (χ1v) is 8.02. The number of benzene rings is 1. The van der Waals surface area contributed by atoms with Crippen LogP contribution in [0.2, 0.25) is 0 Å². The summed E-state index contributed by atoms with van der Waals surface area (Å²) in [4.78, 5) is 26.3. The monoisotopic (exact) mass is 325 g/mol. The lowest BCUT2D eigenvalue weighted by atomic mass is 10.2. The summed E-state index contributed by atoms with van der Waals surface area (Å²) in [6.07, 6.45) is 0. The molecule has 3 amide bonds. The topological polar surface area (TPSA) is 114 Å². The van der Waals surface area contributed by atoms with Crippen molar-refractivity contribution in [1.29, 1.82) is 0 Å². The number of sulfonamides is 1. The van der Waals surface area contributed by atoms with Crippen LogP contribution in [0.5, 0.6) is 5.75 Å². The summed E-state index contributed by atoms with van der Waals surface area (Å²) in [5, 5.41) is 0.319. The van der Waals surface area contributed by atoms with Crippen molar-refractivity contribution in [2.24, 2.45) is 4.99 Å². The van der Waals surface area contributed by atoms with Gasteiger partial charge in [-0.1, -0.05) is 6.07 Å². The van der Waals surface area contributed by atoms with Crippen molar-refractivity contribution in [1.82, 2.24) is 5.32 Å². The smallest absolute Gasteiger partial charge is 0.347 e. The molecule has 2 N–H and O–H groups in total. The second-order valence-corrected chi connectivity index (χ2v) is 6.30. The number of hydrogen-bond acceptors (Lipinski definition) is 5. The third-order valence-corrected chi connectivity index (χ3v) is 4.54. The van der Waals surface area contributed by atoms with Crippen molar-refractivity contribution in [2.45, 2.75) is 19.1 Å². The fourth-order valence-corrected chi connectivity index (χ4v) is 3.43. The molecule has 1 atom stereocenters. The van der Waals surface area contributed by atoms with E-state index in [0.717, 1.165) is 0 Å². The van der Waals surface area contributed by atoms with Gasteiger partial charge in [0.2, 0.25) is 10.0 Å². The molecule has 0 saturated carbocycles. The van der Waals surface area contributed by atoms with Crippen molar-refractivity contribution in [3.63, 3.8) is 0 Å². The Bertz CT molecular complexity index is 742. The number of aliphatic imine (C=N–C) groups is 1. The van der Waals surface area contributed by atoms with Gasteiger partial charge in [-0.25, -0.2) is 18.2 Å². The van der Waals surface area contributed by atoms with E-state index >= 15 is 0 Å². The molecule has 2 rings (SSSR count). The number of rotatable bonds is 5. The van der Waals surface area contributed by atoms with E-state index in [2.05, 4.69) is 9.71 Å². The summed E-state index contributed by atoms with van der Waals surface area (Å²) >= 11 is 0. The highest BCUT2D eigenvalue weighted by atomic mass is 32.2. The fourth-order valence-electron chi connectivity index (χ4n) is 2.01. The number of ether oxygens (including phenoxy) is 1. The molecule has 0 fully saturated rings. The summed E-state index contributed by atoms with van der Waals surface area (Å²) < 4.78 is 32.3. The minimum atomic E-state index is -4.09. The number of urea groups is 1. The van der Waals surface area contributed by atoms with Crippen LogP contribution in [-0.4, -0.2) is 37.9 Å². The highest BCUT2D eigenvalue weighted by Crippen LogP contribution is 2.20. The van der Waals surface area contributed by atoms with E-state index in [1.807, 2.05) is 5.32 Å². The van der Waals surface area contributed by atoms with E-state index in [1.165, 1.54) is 19.1 Å². The number of nitrogens with zero attached hydrogens (tertiary/aromatic N) is 1. The van der Waals surface area contributed by atoms with Gasteiger partial charge >= 0.3 is 6.03 Å². The zero-order valence-electron chi connectivity index (χ0n) is 12.0. The molecule has 0 aliphatic carbocycles. The molecule has 8 nitrogen and oxygen atoms in total. The molecule has 1 aliphatic heterocycles. The molecule has 0 spiro atoms. The largest absolute Gasteiger partial charge is 0.494 e. The first kappa shape index (κ1) is 16.0. The van der Waals surface area contributed by atoms with Crippen LogP contribution in [0.4, 0.5) is 10.5 Å². The maximum Gasteiger partial charge on any atom is 0.347 e. The SMILES string of the molecule is CCOc1cccc(NS(=O)(=O)C2C(=O)NC(=O)N=C2C)c1. The number of imide groups is 1. The summed E-state index contributed by atoms with van der Waals surface area (Å²) in [6, 6.07) is 5.46. The summed E-state index contributed by atoms with van der Waals surface area (Å²) in [6.45, 7) is 3.56. The number of carbonyl (C=O) groups excluding carboxylic acids is 2. The molecule has 0 bridgehead atoms. The zero-order chi connectivity index (χ0) is 16.3. The van der Waals surface area contributed by atoms with Crippen LogP contribution in [-0.2, 0) is 14.8 Å². The second kappa shape index (κ2) is 6.14. The van der Waals surface area contributed by atoms with E-state index in [0.29, 0.717) is 12.4 Å². The third-order valence-electron chi connectivity index (χ3n) is 2.84. The van der Waals surface area contributed by atoms with Crippen LogP contribution < -0.4 is 14.8 Å². The van der Waals surface area contributed by atoms with E-state index in [4.69, 9.17) is 4.74 Å². The Kier molecular flexibility index (Phi) is 4.45. The minimum Gasteiger partial charge on any atom is -0.494 e. The lowest BCUT2D eigenvalue weighted by Gasteiger charge is -2.20. The predicted molar refractivity (Wildman–Crippen MR) is 80.6 cm³/mol. The molecule has 0 aromatic heterocycles. The van der Waals surface area contributed by atoms with Gasteiger partial charge in [-0.15, -0.1) is 0 Å². The number of anilines is 1. The first-order chi connectivity index (χ1) is 10.3. The molecule has 0 radical (unpaired) electrons. The van der Waals surface area contributed by atoms with E-state index in [-0.39, 0.29) is 11.4 Å². The van der Waals surface area contributed by atoms with Gasteiger partial charge in [-0.05, 0) is 26.0 Å². The van der Waals surface area contributed by atoms with Crippen molar-refractivity contribution in [3.8, 4) is 5.75 Å². The van der Waals surface area contributed by atoms with Gasteiger partial charge in [0.15, 0.2) is 5.25 Å². The number of amides is 3. The molecule has 1 aromatic rings. The van der Waals surface area contributed by atoms with Gasteiger partial charge in [-0.2, -0.15) is 0 Å². The second-order valence-electron chi connectivity index (χ2n) is 4.54. The maximum absolute atomic E-state index is 12.3. The van der Waals surface area contributed by atoms with Gasteiger partial charge in [0, 0.05) is 6.07 Å². The molecular weight excluding hydrogens is 310 g/mol. The van der Waals surface area contributed by atoms with Crippen molar-refractivity contribution >= 4 is 33.4 Å². The fraction of sp³-hybridized carbons (Fsp3) is 0.308. The molecular formula is C13H15N3O5S. The lowest BCUT2D eigenvalue weighted by Crippen LogP contribution is -2.51. The average molecular weight is 325 g/mol. The van der Waals surface area contributed by atoms with Crippen molar-refractivity contribution in [2.75, 3.05) is 11.3 Å². The van der Waals surface area contributed by atoms with Crippen LogP contribution >= 0.6 is 0 Å². The Hall–Kier alpha value is -2.42. The standard InChI is InChI=1S/C13H15N3O5S/c1-3-21-10-6-4-5-9(7-10)16-22(19,20)11-8(2)14-13(18)15-12(11)17/h4-7,11,16H,3H2,1-2H3,(H,15,17,18). The van der Waals surface area contributed by atoms with Gasteiger partial charge < -0.3 is 4.74 Å². The molecule has 1 aliphatic rings. The molecule has 1 aromatic carbocycles. The highest BCUT2D eigenvalue weighted by molar-refractivity contribution is 7.94. The lowest BCUT2D eigenvalue weighted by molar-refractivity contribution is -0.118. The summed E-state index contributed by atoms with van der Waals surface area (Å²) in [5.74, 6) is -0.428.